The van der Waals surface area contributed by atoms with Crippen molar-refractivity contribution >= 4 is 17.4 Å². The molecule has 7 heteroatoms. The summed E-state index contributed by atoms with van der Waals surface area (Å²) in [6.45, 7) is -0.108. The first-order chi connectivity index (χ1) is 6.45. The van der Waals surface area contributed by atoms with E-state index in [1.165, 1.54) is 9.36 Å². The molecule has 1 amide bonds. The normalized spacial score (nSPS) is 10.1. The lowest BCUT2D eigenvalue weighted by Crippen LogP contribution is -2.25. The Morgan fingerprint density at radius 3 is 2.36 bits per heavy atom. The van der Waals surface area contributed by atoms with Gasteiger partial charge in [0.05, 0.1) is 6.54 Å². The minimum absolute atomic E-state index is 0.108. The molecule has 0 aliphatic heterocycles. The molecule has 5 N–H and O–H groups in total. The Bertz CT molecular complexity index is 416. The van der Waals surface area contributed by atoms with Crippen LogP contribution in [0.3, 0.4) is 0 Å². The van der Waals surface area contributed by atoms with Crippen molar-refractivity contribution in [2.24, 2.45) is 19.8 Å². The summed E-state index contributed by atoms with van der Waals surface area (Å²) in [5.41, 5.74) is 10.5. The predicted molar refractivity (Wildman–Crippen MR) is 52.8 cm³/mol. The van der Waals surface area contributed by atoms with E-state index in [1.54, 1.807) is 14.1 Å². The quantitative estimate of drug-likeness (QED) is 0.533. The first-order valence-electron chi connectivity index (χ1n) is 3.98. The van der Waals surface area contributed by atoms with Crippen LogP contribution in [-0.4, -0.2) is 21.8 Å². The highest BCUT2D eigenvalue weighted by atomic mass is 16.1. The van der Waals surface area contributed by atoms with E-state index in [1.807, 2.05) is 0 Å². The van der Waals surface area contributed by atoms with E-state index < -0.39 is 5.91 Å². The second-order valence-corrected chi connectivity index (χ2v) is 2.93. The van der Waals surface area contributed by atoms with Gasteiger partial charge in [0.1, 0.15) is 11.5 Å². The predicted octanol–water partition coefficient (Wildman–Crippen LogP) is -1.80. The van der Waals surface area contributed by atoms with Crippen LogP contribution in [0.4, 0.5) is 11.5 Å². The standard InChI is InChI=1S/C7H13N5O2/c1-11-6(9)5(7(14)12(11)2)10-3-4(8)13/h10H,3,9H2,1-2H3,(H2,8,13). The van der Waals surface area contributed by atoms with Crippen LogP contribution in [0.25, 0.3) is 0 Å². The third-order valence-electron chi connectivity index (χ3n) is 2.00. The summed E-state index contributed by atoms with van der Waals surface area (Å²) in [5.74, 6) is -0.269. The van der Waals surface area contributed by atoms with Gasteiger partial charge < -0.3 is 16.8 Å². The van der Waals surface area contributed by atoms with E-state index in [0.717, 1.165) is 0 Å². The van der Waals surface area contributed by atoms with Crippen LogP contribution in [0.5, 0.6) is 0 Å². The smallest absolute Gasteiger partial charge is 0.292 e. The molecule has 1 rings (SSSR count). The highest BCUT2D eigenvalue weighted by Crippen LogP contribution is 2.11. The van der Waals surface area contributed by atoms with Gasteiger partial charge in [-0.1, -0.05) is 0 Å². The molecule has 0 bridgehead atoms. The second kappa shape index (κ2) is 3.44. The van der Waals surface area contributed by atoms with E-state index in [4.69, 9.17) is 11.5 Å². The molecule has 78 valence electrons. The summed E-state index contributed by atoms with van der Waals surface area (Å²) < 4.78 is 2.81. The number of anilines is 2. The van der Waals surface area contributed by atoms with E-state index >= 15 is 0 Å². The number of nitrogen functional groups attached to an aromatic ring is 1. The highest BCUT2D eigenvalue weighted by Gasteiger charge is 2.12. The molecular formula is C7H13N5O2. The monoisotopic (exact) mass is 199 g/mol. The molecule has 0 saturated heterocycles. The SMILES string of the molecule is Cn1c(N)c(NCC(N)=O)c(=O)n1C. The van der Waals surface area contributed by atoms with Crippen molar-refractivity contribution in [3.63, 3.8) is 0 Å². The Morgan fingerprint density at radius 1 is 1.43 bits per heavy atom. The van der Waals surface area contributed by atoms with Crippen molar-refractivity contribution in [3.05, 3.63) is 10.4 Å². The van der Waals surface area contributed by atoms with E-state index in [2.05, 4.69) is 5.32 Å². The molecule has 0 spiro atoms. The van der Waals surface area contributed by atoms with Crippen LogP contribution in [0.15, 0.2) is 4.79 Å². The zero-order valence-electron chi connectivity index (χ0n) is 8.07. The van der Waals surface area contributed by atoms with E-state index in [-0.39, 0.29) is 23.6 Å². The van der Waals surface area contributed by atoms with Crippen LogP contribution >= 0.6 is 0 Å². The van der Waals surface area contributed by atoms with Crippen LogP contribution in [0.1, 0.15) is 0 Å². The third kappa shape index (κ3) is 1.56. The second-order valence-electron chi connectivity index (χ2n) is 2.93. The number of carbonyl (C=O) groups is 1. The van der Waals surface area contributed by atoms with Gasteiger partial charge in [-0.05, 0) is 0 Å². The average Bonchev–Trinajstić information content (AvgIpc) is 2.29. The number of hydrogen-bond donors (Lipinski definition) is 3. The molecule has 14 heavy (non-hydrogen) atoms. The minimum Gasteiger partial charge on any atom is -0.382 e. The van der Waals surface area contributed by atoms with Gasteiger partial charge in [-0.2, -0.15) is 0 Å². The fraction of sp³-hybridized carbons (Fsp3) is 0.429. The number of aromatic nitrogens is 2. The number of amides is 1. The van der Waals surface area contributed by atoms with Gasteiger partial charge >= 0.3 is 0 Å². The van der Waals surface area contributed by atoms with E-state index in [9.17, 15) is 9.59 Å². The zero-order chi connectivity index (χ0) is 10.9. The van der Waals surface area contributed by atoms with Crippen LogP contribution in [0, 0.1) is 0 Å². The summed E-state index contributed by atoms with van der Waals surface area (Å²) in [5, 5.41) is 2.59. The molecule has 0 aromatic carbocycles. The van der Waals surface area contributed by atoms with Gasteiger partial charge in [-0.3, -0.25) is 19.0 Å². The maximum Gasteiger partial charge on any atom is 0.292 e. The number of nitrogens with one attached hydrogen (secondary N) is 1. The number of hydrogen-bond acceptors (Lipinski definition) is 4. The van der Waals surface area contributed by atoms with Crippen molar-refractivity contribution < 1.29 is 4.79 Å². The summed E-state index contributed by atoms with van der Waals surface area (Å²) in [6.07, 6.45) is 0. The maximum atomic E-state index is 11.5. The number of carbonyl (C=O) groups excluding carboxylic acids is 1. The molecule has 1 aromatic rings. The van der Waals surface area contributed by atoms with Crippen molar-refractivity contribution in [2.75, 3.05) is 17.6 Å². The van der Waals surface area contributed by atoms with Crippen LogP contribution < -0.4 is 22.3 Å². The van der Waals surface area contributed by atoms with Gasteiger partial charge in [-0.25, -0.2) is 0 Å². The molecule has 0 fully saturated rings. The van der Waals surface area contributed by atoms with Crippen molar-refractivity contribution in [1.82, 2.24) is 9.36 Å². The number of nitrogens with two attached hydrogens (primary N) is 2. The third-order valence-corrected chi connectivity index (χ3v) is 2.00. The minimum atomic E-state index is -0.546. The average molecular weight is 199 g/mol. The summed E-state index contributed by atoms with van der Waals surface area (Å²) in [6, 6.07) is 0. The van der Waals surface area contributed by atoms with E-state index in [0.29, 0.717) is 0 Å². The van der Waals surface area contributed by atoms with Gasteiger partial charge in [0.15, 0.2) is 0 Å². The lowest BCUT2D eigenvalue weighted by Gasteiger charge is -2.01. The summed E-state index contributed by atoms with van der Waals surface area (Å²) in [4.78, 5) is 22.0. The molecule has 0 aliphatic carbocycles. The largest absolute Gasteiger partial charge is 0.382 e. The molecule has 0 aliphatic rings. The molecule has 0 atom stereocenters. The van der Waals surface area contributed by atoms with Crippen molar-refractivity contribution in [3.8, 4) is 0 Å². The summed E-state index contributed by atoms with van der Waals surface area (Å²) in [7, 11) is 3.22. The molecule has 1 heterocycles. The van der Waals surface area contributed by atoms with Gasteiger partial charge in [0.2, 0.25) is 5.91 Å². The maximum absolute atomic E-state index is 11.5. The Hall–Kier alpha value is -1.92. The number of nitrogens with zero attached hydrogens (tertiary/aromatic N) is 2. The Morgan fingerprint density at radius 2 is 2.00 bits per heavy atom. The molecule has 0 unspecified atom stereocenters. The topological polar surface area (TPSA) is 108 Å². The molecule has 7 nitrogen and oxygen atoms in total. The van der Waals surface area contributed by atoms with Crippen molar-refractivity contribution in [1.29, 1.82) is 0 Å². The molecule has 1 aromatic heterocycles. The summed E-state index contributed by atoms with van der Waals surface area (Å²) >= 11 is 0. The van der Waals surface area contributed by atoms with Gasteiger partial charge in [0.25, 0.3) is 5.56 Å². The Kier molecular flexibility index (Phi) is 2.50. The highest BCUT2D eigenvalue weighted by molar-refractivity contribution is 5.80. The fourth-order valence-electron chi connectivity index (χ4n) is 1.07. The lowest BCUT2D eigenvalue weighted by molar-refractivity contribution is -0.116. The Balaban J connectivity index is 3.03. The molecule has 0 saturated carbocycles. The van der Waals surface area contributed by atoms with Crippen LogP contribution in [0.2, 0.25) is 0 Å². The van der Waals surface area contributed by atoms with Crippen LogP contribution in [-0.2, 0) is 18.9 Å². The zero-order valence-corrected chi connectivity index (χ0v) is 8.07. The van der Waals surface area contributed by atoms with Gasteiger partial charge in [0, 0.05) is 14.1 Å². The number of primary amides is 1. The fourth-order valence-corrected chi connectivity index (χ4v) is 1.07. The first kappa shape index (κ1) is 10.2. The molecular weight excluding hydrogens is 186 g/mol. The van der Waals surface area contributed by atoms with Crippen molar-refractivity contribution in [2.45, 2.75) is 0 Å². The first-order valence-corrected chi connectivity index (χ1v) is 3.98. The Labute approximate surface area is 80.3 Å². The lowest BCUT2D eigenvalue weighted by atomic mass is 10.4. The van der Waals surface area contributed by atoms with Gasteiger partial charge in [-0.15, -0.1) is 0 Å². The molecule has 0 radical (unpaired) electrons. The number of rotatable bonds is 3.